The van der Waals surface area contributed by atoms with Gasteiger partial charge in [-0.05, 0) is 52.9 Å². The molecule has 1 atom stereocenters. The summed E-state index contributed by atoms with van der Waals surface area (Å²) in [7, 11) is 0. The molecule has 1 saturated carbocycles. The van der Waals surface area contributed by atoms with Crippen LogP contribution in [0.15, 0.2) is 0 Å². The Morgan fingerprint density at radius 1 is 1.27 bits per heavy atom. The van der Waals surface area contributed by atoms with Gasteiger partial charge >= 0.3 is 0 Å². The predicted molar refractivity (Wildman–Crippen MR) is 59.7 cm³/mol. The summed E-state index contributed by atoms with van der Waals surface area (Å²) in [6.45, 7) is 8.48. The molecule has 0 N–H and O–H groups in total. The van der Waals surface area contributed by atoms with E-state index in [1.807, 2.05) is 0 Å². The zero-order valence-electron chi connectivity index (χ0n) is 10.3. The number of carbonyl (C=O) groups excluding carboxylic acids is 1. The minimum absolute atomic E-state index is 0.0575. The number of carbonyl (C=O) groups is 1. The molecule has 1 aliphatic heterocycles. The van der Waals surface area contributed by atoms with Gasteiger partial charge in [-0.15, -0.1) is 0 Å². The standard InChI is InChI=1S/C13H22O2/c1-12(2)8-10(13(3,4)15-12)7-11(14)9-5-6-9/h9-10H,5-8H2,1-4H3. The van der Waals surface area contributed by atoms with Gasteiger partial charge in [-0.2, -0.15) is 0 Å². The van der Waals surface area contributed by atoms with Gasteiger partial charge in [0.05, 0.1) is 11.2 Å². The molecular formula is C13H22O2. The van der Waals surface area contributed by atoms with Crippen molar-refractivity contribution in [2.45, 2.75) is 64.6 Å². The number of hydrogen-bond donors (Lipinski definition) is 0. The maximum Gasteiger partial charge on any atom is 0.136 e. The second-order valence-corrected chi connectivity index (χ2v) is 6.31. The molecule has 1 aliphatic carbocycles. The van der Waals surface area contributed by atoms with Crippen LogP contribution >= 0.6 is 0 Å². The third kappa shape index (κ3) is 2.41. The highest BCUT2D eigenvalue weighted by molar-refractivity contribution is 5.83. The van der Waals surface area contributed by atoms with E-state index in [0.717, 1.165) is 25.7 Å². The molecule has 0 radical (unpaired) electrons. The first-order valence-corrected chi connectivity index (χ1v) is 6.03. The zero-order valence-corrected chi connectivity index (χ0v) is 10.3. The molecule has 1 saturated heterocycles. The first kappa shape index (κ1) is 11.1. The molecule has 15 heavy (non-hydrogen) atoms. The first-order valence-electron chi connectivity index (χ1n) is 6.03. The molecule has 2 heteroatoms. The predicted octanol–water partition coefficient (Wildman–Crippen LogP) is 2.95. The van der Waals surface area contributed by atoms with E-state index in [-0.39, 0.29) is 11.2 Å². The first-order chi connectivity index (χ1) is 6.80. The summed E-state index contributed by atoms with van der Waals surface area (Å²) in [5.74, 6) is 1.26. The van der Waals surface area contributed by atoms with Crippen molar-refractivity contribution in [3.63, 3.8) is 0 Å². The van der Waals surface area contributed by atoms with Gasteiger partial charge in [-0.25, -0.2) is 0 Å². The minimum atomic E-state index is -0.131. The van der Waals surface area contributed by atoms with Crippen LogP contribution in [0, 0.1) is 11.8 Å². The SMILES string of the molecule is CC1(C)CC(CC(=O)C2CC2)C(C)(C)O1. The Labute approximate surface area is 92.4 Å². The molecule has 2 aliphatic rings. The van der Waals surface area contributed by atoms with E-state index in [1.165, 1.54) is 0 Å². The highest BCUT2D eigenvalue weighted by Crippen LogP contribution is 2.45. The minimum Gasteiger partial charge on any atom is -0.369 e. The lowest BCUT2D eigenvalue weighted by atomic mass is 9.83. The number of Topliss-reactive ketones (excluding diaryl/α,β-unsaturated/α-hetero) is 1. The van der Waals surface area contributed by atoms with E-state index in [0.29, 0.717) is 17.6 Å². The average molecular weight is 210 g/mol. The van der Waals surface area contributed by atoms with E-state index in [9.17, 15) is 4.79 Å². The monoisotopic (exact) mass is 210 g/mol. The molecule has 2 nitrogen and oxygen atoms in total. The Morgan fingerprint density at radius 2 is 1.87 bits per heavy atom. The molecule has 0 aromatic rings. The Bertz CT molecular complexity index is 274. The lowest BCUT2D eigenvalue weighted by Gasteiger charge is -2.27. The van der Waals surface area contributed by atoms with E-state index in [1.54, 1.807) is 0 Å². The topological polar surface area (TPSA) is 26.3 Å². The van der Waals surface area contributed by atoms with Gasteiger partial charge in [-0.3, -0.25) is 4.79 Å². The van der Waals surface area contributed by atoms with E-state index < -0.39 is 0 Å². The third-order valence-electron chi connectivity index (χ3n) is 3.74. The fourth-order valence-corrected chi connectivity index (χ4v) is 2.81. The van der Waals surface area contributed by atoms with Crippen molar-refractivity contribution in [3.8, 4) is 0 Å². The summed E-state index contributed by atoms with van der Waals surface area (Å²) >= 11 is 0. The Balaban J connectivity index is 1.99. The zero-order chi connectivity index (χ0) is 11.3. The van der Waals surface area contributed by atoms with Crippen molar-refractivity contribution in [1.29, 1.82) is 0 Å². The molecule has 0 aromatic heterocycles. The van der Waals surface area contributed by atoms with Gasteiger partial charge in [0.1, 0.15) is 5.78 Å². The van der Waals surface area contributed by atoms with Crippen LogP contribution in [0.4, 0.5) is 0 Å². The van der Waals surface area contributed by atoms with E-state index >= 15 is 0 Å². The summed E-state index contributed by atoms with van der Waals surface area (Å²) in [5, 5.41) is 0. The highest BCUT2D eigenvalue weighted by Gasteiger charge is 2.47. The Kier molecular flexibility index (Phi) is 2.45. The molecule has 1 unspecified atom stereocenters. The lowest BCUT2D eigenvalue weighted by Crippen LogP contribution is -2.30. The summed E-state index contributed by atoms with van der Waals surface area (Å²) in [6.07, 6.45) is 3.98. The van der Waals surface area contributed by atoms with Crippen molar-refractivity contribution in [2.75, 3.05) is 0 Å². The van der Waals surface area contributed by atoms with Gasteiger partial charge in [0.25, 0.3) is 0 Å². The van der Waals surface area contributed by atoms with Crippen LogP contribution in [-0.4, -0.2) is 17.0 Å². The number of ether oxygens (including phenoxy) is 1. The largest absolute Gasteiger partial charge is 0.369 e. The number of rotatable bonds is 3. The lowest BCUT2D eigenvalue weighted by molar-refractivity contribution is -0.123. The molecule has 0 aromatic carbocycles. The third-order valence-corrected chi connectivity index (χ3v) is 3.74. The van der Waals surface area contributed by atoms with Crippen LogP contribution in [0.2, 0.25) is 0 Å². The van der Waals surface area contributed by atoms with E-state index in [2.05, 4.69) is 27.7 Å². The fourth-order valence-electron chi connectivity index (χ4n) is 2.81. The van der Waals surface area contributed by atoms with Crippen molar-refractivity contribution < 1.29 is 9.53 Å². The maximum absolute atomic E-state index is 11.8. The van der Waals surface area contributed by atoms with Crippen molar-refractivity contribution >= 4 is 5.78 Å². The van der Waals surface area contributed by atoms with Crippen LogP contribution in [0.1, 0.15) is 53.4 Å². The normalized spacial score (nSPS) is 32.9. The van der Waals surface area contributed by atoms with Crippen molar-refractivity contribution in [3.05, 3.63) is 0 Å². The smallest absolute Gasteiger partial charge is 0.136 e. The van der Waals surface area contributed by atoms with Crippen LogP contribution in [-0.2, 0) is 9.53 Å². The molecule has 1 heterocycles. The quantitative estimate of drug-likeness (QED) is 0.716. The molecule has 0 amide bonds. The molecule has 2 rings (SSSR count). The second kappa shape index (κ2) is 3.31. The van der Waals surface area contributed by atoms with Crippen LogP contribution in [0.5, 0.6) is 0 Å². The summed E-state index contributed by atoms with van der Waals surface area (Å²) in [5.41, 5.74) is -0.188. The maximum atomic E-state index is 11.8. The van der Waals surface area contributed by atoms with Crippen LogP contribution < -0.4 is 0 Å². The summed E-state index contributed by atoms with van der Waals surface area (Å²) in [4.78, 5) is 11.8. The highest BCUT2D eigenvalue weighted by atomic mass is 16.5. The number of hydrogen-bond acceptors (Lipinski definition) is 2. The van der Waals surface area contributed by atoms with E-state index in [4.69, 9.17) is 4.74 Å². The molecular weight excluding hydrogens is 188 g/mol. The fraction of sp³-hybridized carbons (Fsp3) is 0.923. The van der Waals surface area contributed by atoms with Gasteiger partial charge < -0.3 is 4.74 Å². The Morgan fingerprint density at radius 3 is 2.27 bits per heavy atom. The molecule has 0 spiro atoms. The average Bonchev–Trinajstić information content (AvgIpc) is 2.78. The van der Waals surface area contributed by atoms with Crippen LogP contribution in [0.25, 0.3) is 0 Å². The van der Waals surface area contributed by atoms with Gasteiger partial charge in [0.2, 0.25) is 0 Å². The molecule has 86 valence electrons. The summed E-state index contributed by atoms with van der Waals surface area (Å²) in [6, 6.07) is 0. The molecule has 0 bridgehead atoms. The van der Waals surface area contributed by atoms with Gasteiger partial charge in [0, 0.05) is 12.3 Å². The van der Waals surface area contributed by atoms with Crippen LogP contribution in [0.3, 0.4) is 0 Å². The van der Waals surface area contributed by atoms with Gasteiger partial charge in [0.15, 0.2) is 0 Å². The van der Waals surface area contributed by atoms with Crippen molar-refractivity contribution in [2.24, 2.45) is 11.8 Å². The number of ketones is 1. The second-order valence-electron chi connectivity index (χ2n) is 6.31. The molecule has 2 fully saturated rings. The Hall–Kier alpha value is -0.370. The van der Waals surface area contributed by atoms with Gasteiger partial charge in [-0.1, -0.05) is 0 Å². The van der Waals surface area contributed by atoms with Crippen molar-refractivity contribution in [1.82, 2.24) is 0 Å². The summed E-state index contributed by atoms with van der Waals surface area (Å²) < 4.78 is 6.00.